The summed E-state index contributed by atoms with van der Waals surface area (Å²) in [5.74, 6) is 1.75. The molecule has 4 rings (SSSR count). The molecule has 0 saturated carbocycles. The molecule has 0 spiro atoms. The Labute approximate surface area is 198 Å². The van der Waals surface area contributed by atoms with E-state index in [1.165, 1.54) is 0 Å². The number of carbonyl (C=O) groups is 1. The molecule has 34 heavy (non-hydrogen) atoms. The van der Waals surface area contributed by atoms with Crippen molar-refractivity contribution in [3.63, 3.8) is 0 Å². The lowest BCUT2D eigenvalue weighted by atomic mass is 10.0. The highest BCUT2D eigenvalue weighted by atomic mass is 16.5. The largest absolute Gasteiger partial charge is 0.496 e. The number of amides is 1. The van der Waals surface area contributed by atoms with Crippen LogP contribution < -0.4 is 10.1 Å². The molecule has 4 aromatic rings. The molecule has 0 aliphatic rings. The molecule has 1 aromatic carbocycles. The molecule has 3 heterocycles. The van der Waals surface area contributed by atoms with Gasteiger partial charge in [-0.1, -0.05) is 18.2 Å². The number of methoxy groups -OCH3 is 1. The van der Waals surface area contributed by atoms with E-state index in [0.29, 0.717) is 17.5 Å². The summed E-state index contributed by atoms with van der Waals surface area (Å²) in [6.07, 6.45) is 3.73. The summed E-state index contributed by atoms with van der Waals surface area (Å²) in [4.78, 5) is 26.8. The zero-order chi connectivity index (χ0) is 24.4. The number of para-hydroxylation sites is 1. The van der Waals surface area contributed by atoms with Crippen LogP contribution in [0.3, 0.4) is 0 Å². The van der Waals surface area contributed by atoms with E-state index in [4.69, 9.17) is 4.74 Å². The van der Waals surface area contributed by atoms with E-state index in [0.717, 1.165) is 33.9 Å². The van der Waals surface area contributed by atoms with E-state index in [1.807, 2.05) is 75.8 Å². The normalized spacial score (nSPS) is 11.9. The molecule has 0 fully saturated rings. The van der Waals surface area contributed by atoms with Gasteiger partial charge in [0.05, 0.1) is 19.2 Å². The smallest absolute Gasteiger partial charge is 0.251 e. The Bertz CT molecular complexity index is 1320. The molecule has 9 nitrogen and oxygen atoms in total. The van der Waals surface area contributed by atoms with Gasteiger partial charge in [-0.05, 0) is 39.8 Å². The quantitative estimate of drug-likeness (QED) is 0.456. The Morgan fingerprint density at radius 2 is 1.82 bits per heavy atom. The summed E-state index contributed by atoms with van der Waals surface area (Å²) in [5.41, 5.74) is 5.01. The van der Waals surface area contributed by atoms with E-state index in [-0.39, 0.29) is 12.3 Å². The Hall–Kier alpha value is -4.01. The molecule has 1 N–H and O–H groups in total. The first kappa shape index (κ1) is 23.2. The van der Waals surface area contributed by atoms with Crippen molar-refractivity contribution >= 4 is 5.91 Å². The van der Waals surface area contributed by atoms with Gasteiger partial charge < -0.3 is 14.6 Å². The van der Waals surface area contributed by atoms with Crippen molar-refractivity contribution in [1.82, 2.24) is 34.6 Å². The van der Waals surface area contributed by atoms with Crippen LogP contribution in [0.2, 0.25) is 0 Å². The maximum Gasteiger partial charge on any atom is 0.251 e. The summed E-state index contributed by atoms with van der Waals surface area (Å²) >= 11 is 0. The molecule has 0 aliphatic carbocycles. The SMILES string of the molecule is COc1ccccc1C(NC(=O)Cc1c(C)nn(-c2nc(C)cc(C)n2)c1C)c1nccn1C. The Kier molecular flexibility index (Phi) is 6.45. The Morgan fingerprint density at radius 1 is 1.12 bits per heavy atom. The first-order valence-corrected chi connectivity index (χ1v) is 11.1. The predicted molar refractivity (Wildman–Crippen MR) is 128 cm³/mol. The maximum atomic E-state index is 13.3. The van der Waals surface area contributed by atoms with Gasteiger partial charge in [-0.25, -0.2) is 19.6 Å². The van der Waals surface area contributed by atoms with Crippen LogP contribution in [0.4, 0.5) is 0 Å². The van der Waals surface area contributed by atoms with Crippen molar-refractivity contribution in [3.05, 3.63) is 82.5 Å². The minimum Gasteiger partial charge on any atom is -0.496 e. The molecular formula is C25H29N7O2. The van der Waals surface area contributed by atoms with Crippen molar-refractivity contribution in [3.8, 4) is 11.7 Å². The summed E-state index contributed by atoms with van der Waals surface area (Å²) in [6, 6.07) is 9.07. The van der Waals surface area contributed by atoms with Crippen molar-refractivity contribution in [2.45, 2.75) is 40.2 Å². The number of rotatable bonds is 7. The van der Waals surface area contributed by atoms with Crippen molar-refractivity contribution in [2.24, 2.45) is 7.05 Å². The minimum atomic E-state index is -0.470. The maximum absolute atomic E-state index is 13.3. The molecule has 0 aliphatic heterocycles. The van der Waals surface area contributed by atoms with Crippen LogP contribution in [0.15, 0.2) is 42.7 Å². The van der Waals surface area contributed by atoms with Gasteiger partial charge in [0.2, 0.25) is 5.91 Å². The fourth-order valence-corrected chi connectivity index (χ4v) is 4.14. The van der Waals surface area contributed by atoms with Gasteiger partial charge in [-0.2, -0.15) is 5.10 Å². The van der Waals surface area contributed by atoms with Gasteiger partial charge in [0.15, 0.2) is 0 Å². The van der Waals surface area contributed by atoms with Gasteiger partial charge in [-0.15, -0.1) is 0 Å². The van der Waals surface area contributed by atoms with Gasteiger partial charge in [-0.3, -0.25) is 4.79 Å². The molecule has 1 unspecified atom stereocenters. The second kappa shape index (κ2) is 9.46. The number of hydrogen-bond acceptors (Lipinski definition) is 6. The van der Waals surface area contributed by atoms with E-state index in [2.05, 4.69) is 25.4 Å². The summed E-state index contributed by atoms with van der Waals surface area (Å²) in [5, 5.41) is 7.77. The van der Waals surface area contributed by atoms with Crippen LogP contribution in [0.25, 0.3) is 5.95 Å². The number of imidazole rings is 1. The van der Waals surface area contributed by atoms with E-state index >= 15 is 0 Å². The number of nitrogens with zero attached hydrogens (tertiary/aromatic N) is 6. The Balaban J connectivity index is 1.64. The van der Waals surface area contributed by atoms with Crippen molar-refractivity contribution in [1.29, 1.82) is 0 Å². The van der Waals surface area contributed by atoms with Crippen LogP contribution in [0.5, 0.6) is 5.75 Å². The molecule has 9 heteroatoms. The number of nitrogens with one attached hydrogen (secondary N) is 1. The Morgan fingerprint density at radius 3 is 2.47 bits per heavy atom. The van der Waals surface area contributed by atoms with E-state index in [1.54, 1.807) is 18.0 Å². The molecule has 176 valence electrons. The fourth-order valence-electron chi connectivity index (χ4n) is 4.14. The summed E-state index contributed by atoms with van der Waals surface area (Å²) in [6.45, 7) is 7.67. The zero-order valence-corrected chi connectivity index (χ0v) is 20.3. The topological polar surface area (TPSA) is 99.8 Å². The lowest BCUT2D eigenvalue weighted by Crippen LogP contribution is -2.32. The molecule has 3 aromatic heterocycles. The fraction of sp³-hybridized carbons (Fsp3) is 0.320. The van der Waals surface area contributed by atoms with Crippen LogP contribution in [0, 0.1) is 27.7 Å². The van der Waals surface area contributed by atoms with Crippen LogP contribution >= 0.6 is 0 Å². The van der Waals surface area contributed by atoms with Crippen molar-refractivity contribution < 1.29 is 9.53 Å². The van der Waals surface area contributed by atoms with Gasteiger partial charge in [0, 0.05) is 47.7 Å². The third-order valence-corrected chi connectivity index (χ3v) is 5.81. The van der Waals surface area contributed by atoms with Gasteiger partial charge in [0.1, 0.15) is 17.6 Å². The van der Waals surface area contributed by atoms with Crippen LogP contribution in [0.1, 0.15) is 45.8 Å². The standard InChI is InChI=1S/C25H29N7O2/c1-15-13-16(2)28-25(27-15)32-18(4)20(17(3)30-32)14-22(33)29-23(24-26-11-12-31(24)5)19-9-7-8-10-21(19)34-6/h7-13,23H,14H2,1-6H3,(H,29,33). The van der Waals surface area contributed by atoms with Crippen molar-refractivity contribution in [2.75, 3.05) is 7.11 Å². The molecule has 1 atom stereocenters. The predicted octanol–water partition coefficient (Wildman–Crippen LogP) is 3.09. The second-order valence-corrected chi connectivity index (χ2v) is 8.33. The minimum absolute atomic E-state index is 0.147. The third-order valence-electron chi connectivity index (χ3n) is 5.81. The number of hydrogen-bond donors (Lipinski definition) is 1. The summed E-state index contributed by atoms with van der Waals surface area (Å²) < 4.78 is 9.15. The monoisotopic (exact) mass is 459 g/mol. The van der Waals surface area contributed by atoms with Gasteiger partial charge in [0.25, 0.3) is 5.95 Å². The highest BCUT2D eigenvalue weighted by Gasteiger charge is 2.25. The number of benzene rings is 1. The molecule has 0 bridgehead atoms. The highest BCUT2D eigenvalue weighted by molar-refractivity contribution is 5.80. The number of aryl methyl sites for hydroxylation is 4. The number of aromatic nitrogens is 6. The molecule has 1 amide bonds. The highest BCUT2D eigenvalue weighted by Crippen LogP contribution is 2.29. The zero-order valence-electron chi connectivity index (χ0n) is 20.3. The van der Waals surface area contributed by atoms with Crippen LogP contribution in [-0.4, -0.2) is 42.3 Å². The van der Waals surface area contributed by atoms with Gasteiger partial charge >= 0.3 is 0 Å². The lowest BCUT2D eigenvalue weighted by Gasteiger charge is -2.21. The second-order valence-electron chi connectivity index (χ2n) is 8.33. The van der Waals surface area contributed by atoms with Crippen LogP contribution in [-0.2, 0) is 18.3 Å². The summed E-state index contributed by atoms with van der Waals surface area (Å²) in [7, 11) is 3.52. The molecule has 0 saturated heterocycles. The molecule has 0 radical (unpaired) electrons. The average Bonchev–Trinajstić information content (AvgIpc) is 3.34. The lowest BCUT2D eigenvalue weighted by molar-refractivity contribution is -0.121. The average molecular weight is 460 g/mol. The third kappa shape index (κ3) is 4.54. The first-order chi connectivity index (χ1) is 16.3. The number of carbonyl (C=O) groups excluding carboxylic acids is 1. The molecular weight excluding hydrogens is 430 g/mol. The van der Waals surface area contributed by atoms with E-state index in [9.17, 15) is 4.79 Å². The first-order valence-electron chi connectivity index (χ1n) is 11.1. The number of ether oxygens (including phenoxy) is 1. The van der Waals surface area contributed by atoms with E-state index < -0.39 is 6.04 Å².